The molecule has 3 aromatic rings. The van der Waals surface area contributed by atoms with Gasteiger partial charge in [-0.2, -0.15) is 0 Å². The van der Waals surface area contributed by atoms with Gasteiger partial charge in [-0.3, -0.25) is 0 Å². The molecule has 0 radical (unpaired) electrons. The van der Waals surface area contributed by atoms with Crippen LogP contribution in [0, 0.1) is 0 Å². The average Bonchev–Trinajstić information content (AvgIpc) is 2.78. The third kappa shape index (κ3) is 2.12. The Kier molecular flexibility index (Phi) is 2.91. The number of phenols is 1. The summed E-state index contributed by atoms with van der Waals surface area (Å²) in [4.78, 5) is 11.3. The Balaban J connectivity index is 2.10. The lowest BCUT2D eigenvalue weighted by atomic mass is 10.2. The van der Waals surface area contributed by atoms with Gasteiger partial charge in [0, 0.05) is 23.6 Å². The molecule has 0 aliphatic rings. The number of carbonyl (C=O) groups is 1. The molecule has 4 heteroatoms. The van der Waals surface area contributed by atoms with E-state index in [0.29, 0.717) is 12.1 Å². The fraction of sp³-hybridized carbons (Fsp3) is 0.0625. The molecule has 0 amide bonds. The van der Waals surface area contributed by atoms with Gasteiger partial charge in [0.2, 0.25) is 0 Å². The first-order valence-electron chi connectivity index (χ1n) is 6.24. The molecule has 0 saturated carbocycles. The minimum Gasteiger partial charge on any atom is -0.508 e. The molecule has 0 aliphatic carbocycles. The molecule has 0 bridgehead atoms. The monoisotopic (exact) mass is 267 g/mol. The van der Waals surface area contributed by atoms with E-state index in [-0.39, 0.29) is 5.75 Å². The topological polar surface area (TPSA) is 62.5 Å². The number of aromatic carboxylic acids is 1. The van der Waals surface area contributed by atoms with Gasteiger partial charge in [0.25, 0.3) is 0 Å². The molecule has 2 aromatic carbocycles. The number of rotatable bonds is 3. The maximum Gasteiger partial charge on any atom is 0.337 e. The van der Waals surface area contributed by atoms with Crippen LogP contribution in [-0.2, 0) is 6.54 Å². The van der Waals surface area contributed by atoms with E-state index in [4.69, 9.17) is 0 Å². The predicted molar refractivity (Wildman–Crippen MR) is 76.1 cm³/mol. The fourth-order valence-electron chi connectivity index (χ4n) is 2.40. The van der Waals surface area contributed by atoms with Crippen molar-refractivity contribution in [2.75, 3.05) is 0 Å². The van der Waals surface area contributed by atoms with Crippen molar-refractivity contribution in [1.29, 1.82) is 0 Å². The number of para-hydroxylation sites is 1. The number of benzene rings is 2. The lowest BCUT2D eigenvalue weighted by Gasteiger charge is -2.05. The molecule has 1 aromatic heterocycles. The largest absolute Gasteiger partial charge is 0.508 e. The van der Waals surface area contributed by atoms with Crippen LogP contribution in [0.15, 0.2) is 54.7 Å². The highest BCUT2D eigenvalue weighted by Gasteiger charge is 2.13. The van der Waals surface area contributed by atoms with Crippen LogP contribution >= 0.6 is 0 Å². The van der Waals surface area contributed by atoms with Gasteiger partial charge in [0.1, 0.15) is 5.75 Å². The quantitative estimate of drug-likeness (QED) is 0.766. The van der Waals surface area contributed by atoms with Gasteiger partial charge >= 0.3 is 5.97 Å². The van der Waals surface area contributed by atoms with Crippen LogP contribution in [0.4, 0.5) is 0 Å². The van der Waals surface area contributed by atoms with Crippen LogP contribution in [0.25, 0.3) is 10.9 Å². The molecule has 0 fully saturated rings. The number of carboxylic acid groups (broad SMARTS) is 1. The average molecular weight is 267 g/mol. The number of phenolic OH excluding ortho intramolecular Hbond substituents is 1. The fourth-order valence-corrected chi connectivity index (χ4v) is 2.40. The smallest absolute Gasteiger partial charge is 0.337 e. The Morgan fingerprint density at radius 3 is 2.65 bits per heavy atom. The molecule has 0 spiro atoms. The summed E-state index contributed by atoms with van der Waals surface area (Å²) >= 11 is 0. The lowest BCUT2D eigenvalue weighted by Crippen LogP contribution is -1.98. The number of fused-ring (bicyclic) bond motifs is 1. The third-order valence-electron chi connectivity index (χ3n) is 3.28. The Labute approximate surface area is 115 Å². The van der Waals surface area contributed by atoms with Crippen molar-refractivity contribution in [2.45, 2.75) is 6.54 Å². The number of carboxylic acids is 1. The van der Waals surface area contributed by atoms with Gasteiger partial charge in [-0.05, 0) is 23.8 Å². The Hall–Kier alpha value is -2.75. The summed E-state index contributed by atoms with van der Waals surface area (Å²) < 4.78 is 1.88. The summed E-state index contributed by atoms with van der Waals surface area (Å²) in [7, 11) is 0. The van der Waals surface area contributed by atoms with Gasteiger partial charge in [-0.25, -0.2) is 4.79 Å². The van der Waals surface area contributed by atoms with Crippen LogP contribution in [0.1, 0.15) is 15.9 Å². The maximum absolute atomic E-state index is 11.3. The van der Waals surface area contributed by atoms with Gasteiger partial charge in [-0.1, -0.05) is 30.3 Å². The second-order valence-electron chi connectivity index (χ2n) is 4.66. The normalized spacial score (nSPS) is 10.8. The third-order valence-corrected chi connectivity index (χ3v) is 3.28. The highest BCUT2D eigenvalue weighted by molar-refractivity contribution is 6.03. The zero-order valence-electron chi connectivity index (χ0n) is 10.7. The number of hydrogen-bond acceptors (Lipinski definition) is 2. The first-order chi connectivity index (χ1) is 9.65. The molecule has 100 valence electrons. The molecule has 0 aliphatic heterocycles. The number of aromatic hydroxyl groups is 1. The van der Waals surface area contributed by atoms with Gasteiger partial charge < -0.3 is 14.8 Å². The van der Waals surface area contributed by atoms with Crippen LogP contribution in [0.5, 0.6) is 5.75 Å². The van der Waals surface area contributed by atoms with Crippen molar-refractivity contribution in [3.63, 3.8) is 0 Å². The summed E-state index contributed by atoms with van der Waals surface area (Å²) in [6.07, 6.45) is 1.64. The first kappa shape index (κ1) is 12.3. The van der Waals surface area contributed by atoms with Gasteiger partial charge in [-0.15, -0.1) is 0 Å². The number of aromatic nitrogens is 1. The van der Waals surface area contributed by atoms with Crippen LogP contribution in [-0.4, -0.2) is 20.7 Å². The summed E-state index contributed by atoms with van der Waals surface area (Å²) in [5, 5.41) is 19.5. The molecule has 0 unspecified atom stereocenters. The second-order valence-corrected chi connectivity index (χ2v) is 4.66. The Morgan fingerprint density at radius 1 is 1.10 bits per heavy atom. The Bertz CT molecular complexity index is 789. The summed E-state index contributed by atoms with van der Waals surface area (Å²) in [5.74, 6) is -0.728. The molecule has 2 N–H and O–H groups in total. The highest BCUT2D eigenvalue weighted by atomic mass is 16.4. The maximum atomic E-state index is 11.3. The summed E-state index contributed by atoms with van der Waals surface area (Å²) in [6.45, 7) is 0.516. The zero-order valence-corrected chi connectivity index (χ0v) is 10.7. The van der Waals surface area contributed by atoms with Crippen LogP contribution in [0.2, 0.25) is 0 Å². The number of hydrogen-bond donors (Lipinski definition) is 2. The van der Waals surface area contributed by atoms with E-state index in [1.165, 1.54) is 0 Å². The van der Waals surface area contributed by atoms with E-state index >= 15 is 0 Å². The van der Waals surface area contributed by atoms with Crippen molar-refractivity contribution in [2.24, 2.45) is 0 Å². The minimum absolute atomic E-state index is 0.206. The summed E-state index contributed by atoms with van der Waals surface area (Å²) in [6, 6.07) is 14.4. The molecule has 3 rings (SSSR count). The minimum atomic E-state index is -0.934. The lowest BCUT2D eigenvalue weighted by molar-refractivity contribution is 0.0699. The van der Waals surface area contributed by atoms with Gasteiger partial charge in [0.15, 0.2) is 0 Å². The van der Waals surface area contributed by atoms with E-state index in [0.717, 1.165) is 16.5 Å². The van der Waals surface area contributed by atoms with Crippen LogP contribution < -0.4 is 0 Å². The standard InChI is InChI=1S/C16H13NO3/c18-12-5-3-4-11(8-12)9-17-10-14(16(19)20)13-6-1-2-7-15(13)17/h1-8,10,18H,9H2,(H,19,20). The summed E-state index contributed by atoms with van der Waals surface area (Å²) in [5.41, 5.74) is 2.08. The van der Waals surface area contributed by atoms with E-state index in [9.17, 15) is 15.0 Å². The van der Waals surface area contributed by atoms with Crippen molar-refractivity contribution in [3.8, 4) is 5.75 Å². The van der Waals surface area contributed by atoms with E-state index in [2.05, 4.69) is 0 Å². The molecule has 20 heavy (non-hydrogen) atoms. The molecular formula is C16H13NO3. The van der Waals surface area contributed by atoms with E-state index in [1.54, 1.807) is 30.5 Å². The molecule has 0 saturated heterocycles. The van der Waals surface area contributed by atoms with Crippen LogP contribution in [0.3, 0.4) is 0 Å². The molecule has 0 atom stereocenters. The predicted octanol–water partition coefficient (Wildman–Crippen LogP) is 3.09. The Morgan fingerprint density at radius 2 is 1.90 bits per heavy atom. The SMILES string of the molecule is O=C(O)c1cn(Cc2cccc(O)c2)c2ccccc12. The zero-order chi connectivity index (χ0) is 14.1. The molecular weight excluding hydrogens is 254 g/mol. The van der Waals surface area contributed by atoms with Gasteiger partial charge in [0.05, 0.1) is 5.56 Å². The van der Waals surface area contributed by atoms with Crippen molar-refractivity contribution < 1.29 is 15.0 Å². The number of nitrogens with zero attached hydrogens (tertiary/aromatic N) is 1. The molecule has 1 heterocycles. The second kappa shape index (κ2) is 4.74. The highest BCUT2D eigenvalue weighted by Crippen LogP contribution is 2.23. The van der Waals surface area contributed by atoms with Crippen molar-refractivity contribution >= 4 is 16.9 Å². The molecule has 4 nitrogen and oxygen atoms in total. The van der Waals surface area contributed by atoms with E-state index in [1.807, 2.05) is 28.8 Å². The van der Waals surface area contributed by atoms with E-state index < -0.39 is 5.97 Å². The first-order valence-corrected chi connectivity index (χ1v) is 6.24. The van der Waals surface area contributed by atoms with Crippen molar-refractivity contribution in [3.05, 3.63) is 65.9 Å². The van der Waals surface area contributed by atoms with Crippen molar-refractivity contribution in [1.82, 2.24) is 4.57 Å².